The fourth-order valence-electron chi connectivity index (χ4n) is 3.20. The second kappa shape index (κ2) is 7.30. The van der Waals surface area contributed by atoms with E-state index in [-0.39, 0.29) is 11.6 Å². The molecule has 0 spiro atoms. The van der Waals surface area contributed by atoms with Gasteiger partial charge in [-0.15, -0.1) is 0 Å². The van der Waals surface area contributed by atoms with Crippen LogP contribution < -0.4 is 4.90 Å². The third kappa shape index (κ3) is 3.87. The summed E-state index contributed by atoms with van der Waals surface area (Å²) in [7, 11) is 3.98. The molecule has 0 aromatic carbocycles. The van der Waals surface area contributed by atoms with Gasteiger partial charge in [-0.1, -0.05) is 0 Å². The van der Waals surface area contributed by atoms with Crippen LogP contribution in [0.25, 0.3) is 0 Å². The van der Waals surface area contributed by atoms with E-state index < -0.39 is 5.82 Å². The first-order chi connectivity index (χ1) is 12.0. The van der Waals surface area contributed by atoms with Crippen molar-refractivity contribution in [2.45, 2.75) is 0 Å². The van der Waals surface area contributed by atoms with E-state index >= 15 is 0 Å². The number of halogens is 1. The van der Waals surface area contributed by atoms with Gasteiger partial charge in [-0.25, -0.2) is 14.4 Å². The molecule has 0 N–H and O–H groups in total. The summed E-state index contributed by atoms with van der Waals surface area (Å²) in [5.74, 6) is -0.334. The molecule has 0 unspecified atom stereocenters. The highest BCUT2D eigenvalue weighted by Gasteiger charge is 2.34. The Labute approximate surface area is 146 Å². The van der Waals surface area contributed by atoms with Crippen molar-refractivity contribution in [3.8, 4) is 0 Å². The van der Waals surface area contributed by atoms with Gasteiger partial charge < -0.3 is 19.6 Å². The summed E-state index contributed by atoms with van der Waals surface area (Å²) in [5, 5.41) is 0. The quantitative estimate of drug-likeness (QED) is 0.669. The van der Waals surface area contributed by atoms with Crippen molar-refractivity contribution in [2.75, 3.05) is 64.8 Å². The van der Waals surface area contributed by atoms with Crippen molar-refractivity contribution >= 4 is 18.3 Å². The van der Waals surface area contributed by atoms with Crippen LogP contribution >= 0.6 is 0 Å². The molecule has 2 aliphatic heterocycles. The molecule has 136 valence electrons. The predicted octanol–water partition coefficient (Wildman–Crippen LogP) is -0.472. The van der Waals surface area contributed by atoms with Gasteiger partial charge in [-0.3, -0.25) is 9.59 Å². The molecule has 3 rings (SSSR count). The van der Waals surface area contributed by atoms with Crippen LogP contribution in [0, 0.1) is 11.7 Å². The molecule has 2 saturated heterocycles. The number of carbonyl (C=O) groups excluding carboxylic acids is 2. The molecule has 1 aromatic rings. The van der Waals surface area contributed by atoms with Crippen molar-refractivity contribution in [1.82, 2.24) is 24.7 Å². The number of likely N-dealkylation sites (tertiary alicyclic amines) is 1. The minimum atomic E-state index is -0.698. The molecule has 2 fully saturated rings. The molecule has 8 nitrogen and oxygen atoms in total. The van der Waals surface area contributed by atoms with Crippen LogP contribution in [-0.4, -0.2) is 96.9 Å². The molecule has 0 saturated carbocycles. The fourth-order valence-corrected chi connectivity index (χ4v) is 3.20. The number of nitrogens with zero attached hydrogens (tertiary/aromatic N) is 6. The smallest absolute Gasteiger partial charge is 0.275 e. The average Bonchev–Trinajstić information content (AvgIpc) is 2.57. The summed E-state index contributed by atoms with van der Waals surface area (Å²) >= 11 is 0. The Balaban J connectivity index is 1.66. The highest BCUT2D eigenvalue weighted by molar-refractivity contribution is 5.93. The third-order valence-electron chi connectivity index (χ3n) is 4.55. The maximum Gasteiger partial charge on any atom is 0.275 e. The van der Waals surface area contributed by atoms with Gasteiger partial charge in [-0.2, -0.15) is 0 Å². The molecule has 0 atom stereocenters. The van der Waals surface area contributed by atoms with Crippen molar-refractivity contribution in [1.29, 1.82) is 0 Å². The summed E-state index contributed by atoms with van der Waals surface area (Å²) in [4.78, 5) is 38.7. The predicted molar refractivity (Wildman–Crippen MR) is 89.8 cm³/mol. The van der Waals surface area contributed by atoms with Gasteiger partial charge in [-0.05, 0) is 14.1 Å². The summed E-state index contributed by atoms with van der Waals surface area (Å²) in [5.41, 5.74) is -0.175. The van der Waals surface area contributed by atoms with Crippen LogP contribution in [0.15, 0.2) is 6.20 Å². The van der Waals surface area contributed by atoms with Gasteiger partial charge in [0, 0.05) is 51.7 Å². The number of carbonyl (C=O) groups is 2. The van der Waals surface area contributed by atoms with Crippen molar-refractivity contribution in [3.05, 3.63) is 17.7 Å². The molecule has 2 amide bonds. The van der Waals surface area contributed by atoms with Crippen molar-refractivity contribution < 1.29 is 14.0 Å². The SMILES string of the molecule is CN(C)CC1CN(C(=O)c2nc(N3CCN(C=O)CC3)ncc2F)C1. The third-order valence-corrected chi connectivity index (χ3v) is 4.55. The largest absolute Gasteiger partial charge is 0.342 e. The van der Waals surface area contributed by atoms with Crippen LogP contribution in [0.5, 0.6) is 0 Å². The van der Waals surface area contributed by atoms with Crippen LogP contribution in [0.4, 0.5) is 10.3 Å². The lowest BCUT2D eigenvalue weighted by Crippen LogP contribution is -2.53. The minimum absolute atomic E-state index is 0.175. The van der Waals surface area contributed by atoms with Crippen molar-refractivity contribution in [2.24, 2.45) is 5.92 Å². The summed E-state index contributed by atoms with van der Waals surface area (Å²) < 4.78 is 14.1. The van der Waals surface area contributed by atoms with E-state index in [1.54, 1.807) is 9.80 Å². The number of anilines is 1. The molecular formula is C16H23FN6O2. The normalized spacial score (nSPS) is 18.5. The van der Waals surface area contributed by atoms with Gasteiger partial charge in [0.2, 0.25) is 12.4 Å². The fraction of sp³-hybridized carbons (Fsp3) is 0.625. The zero-order valence-electron chi connectivity index (χ0n) is 14.6. The monoisotopic (exact) mass is 350 g/mol. The number of aromatic nitrogens is 2. The topological polar surface area (TPSA) is 72.9 Å². The molecular weight excluding hydrogens is 327 g/mol. The molecule has 9 heteroatoms. The van der Waals surface area contributed by atoms with E-state index in [0.717, 1.165) is 19.2 Å². The van der Waals surface area contributed by atoms with Gasteiger partial charge in [0.1, 0.15) is 0 Å². The van der Waals surface area contributed by atoms with E-state index in [0.29, 0.717) is 51.1 Å². The maximum absolute atomic E-state index is 14.1. The van der Waals surface area contributed by atoms with Gasteiger partial charge >= 0.3 is 0 Å². The number of hydrogen-bond acceptors (Lipinski definition) is 6. The average molecular weight is 350 g/mol. The number of rotatable bonds is 5. The lowest BCUT2D eigenvalue weighted by molar-refractivity contribution is -0.118. The van der Waals surface area contributed by atoms with Crippen LogP contribution in [0.1, 0.15) is 10.5 Å². The summed E-state index contributed by atoms with van der Waals surface area (Å²) in [6, 6.07) is 0. The minimum Gasteiger partial charge on any atom is -0.342 e. The first-order valence-electron chi connectivity index (χ1n) is 8.38. The molecule has 25 heavy (non-hydrogen) atoms. The maximum atomic E-state index is 14.1. The van der Waals surface area contributed by atoms with Crippen molar-refractivity contribution in [3.63, 3.8) is 0 Å². The second-order valence-corrected chi connectivity index (χ2v) is 6.83. The molecule has 0 bridgehead atoms. The van der Waals surface area contributed by atoms with E-state index in [9.17, 15) is 14.0 Å². The number of hydrogen-bond donors (Lipinski definition) is 0. The molecule has 3 heterocycles. The number of piperazine rings is 1. The number of amides is 2. The van der Waals surface area contributed by atoms with Crippen LogP contribution in [0.2, 0.25) is 0 Å². The summed E-state index contributed by atoms with van der Waals surface area (Å²) in [6.07, 6.45) is 1.87. The molecule has 0 aliphatic carbocycles. The Morgan fingerprint density at radius 3 is 2.60 bits per heavy atom. The van der Waals surface area contributed by atoms with E-state index in [1.807, 2.05) is 19.0 Å². The zero-order chi connectivity index (χ0) is 18.0. The van der Waals surface area contributed by atoms with Crippen LogP contribution in [0.3, 0.4) is 0 Å². The summed E-state index contributed by atoms with van der Waals surface area (Å²) in [6.45, 7) is 4.39. The van der Waals surface area contributed by atoms with Gasteiger partial charge in [0.25, 0.3) is 5.91 Å². The Morgan fingerprint density at radius 2 is 2.00 bits per heavy atom. The Hall–Kier alpha value is -2.29. The Bertz CT molecular complexity index is 642. The van der Waals surface area contributed by atoms with E-state index in [4.69, 9.17) is 0 Å². The molecule has 0 radical (unpaired) electrons. The molecule has 1 aromatic heterocycles. The van der Waals surface area contributed by atoms with E-state index in [2.05, 4.69) is 14.9 Å². The highest BCUT2D eigenvalue weighted by atomic mass is 19.1. The lowest BCUT2D eigenvalue weighted by Gasteiger charge is -2.40. The Morgan fingerprint density at radius 1 is 1.32 bits per heavy atom. The Kier molecular flexibility index (Phi) is 5.12. The highest BCUT2D eigenvalue weighted by Crippen LogP contribution is 2.21. The first-order valence-corrected chi connectivity index (χ1v) is 8.38. The molecule has 2 aliphatic rings. The first kappa shape index (κ1) is 17.5. The standard InChI is InChI=1S/C16H23FN6O2/c1-20(2)8-12-9-23(10-12)15(25)14-13(17)7-18-16(19-14)22-5-3-21(11-24)4-6-22/h7,11-12H,3-6,8-10H2,1-2H3. The van der Waals surface area contributed by atoms with Gasteiger partial charge in [0.05, 0.1) is 6.20 Å². The second-order valence-electron chi connectivity index (χ2n) is 6.83. The zero-order valence-corrected chi connectivity index (χ0v) is 14.6. The van der Waals surface area contributed by atoms with Crippen LogP contribution in [-0.2, 0) is 4.79 Å². The lowest BCUT2D eigenvalue weighted by atomic mass is 9.99. The van der Waals surface area contributed by atoms with E-state index in [1.165, 1.54) is 0 Å². The van der Waals surface area contributed by atoms with Gasteiger partial charge in [0.15, 0.2) is 11.5 Å².